The summed E-state index contributed by atoms with van der Waals surface area (Å²) in [6.07, 6.45) is 0. The summed E-state index contributed by atoms with van der Waals surface area (Å²) in [4.78, 5) is 35.3. The van der Waals surface area contributed by atoms with Gasteiger partial charge in [0.25, 0.3) is 11.8 Å². The molecule has 0 radical (unpaired) electrons. The van der Waals surface area contributed by atoms with Gasteiger partial charge in [0.1, 0.15) is 23.9 Å². The summed E-state index contributed by atoms with van der Waals surface area (Å²) in [5, 5.41) is 4.47. The van der Waals surface area contributed by atoms with Gasteiger partial charge in [-0.3, -0.25) is 14.4 Å². The van der Waals surface area contributed by atoms with E-state index in [9.17, 15) is 23.2 Å². The number of para-hydroxylation sites is 1. The molecule has 0 aliphatic rings. The van der Waals surface area contributed by atoms with Crippen molar-refractivity contribution in [2.45, 2.75) is 0 Å². The maximum Gasteiger partial charge on any atom is 0.325 e. The van der Waals surface area contributed by atoms with Gasteiger partial charge in [0, 0.05) is 6.07 Å². The van der Waals surface area contributed by atoms with Crippen molar-refractivity contribution in [1.82, 2.24) is 5.32 Å². The molecule has 0 aromatic heterocycles. The lowest BCUT2D eigenvalue weighted by molar-refractivity contribution is -0.146. The second-order valence-electron chi connectivity index (χ2n) is 5.22. The van der Waals surface area contributed by atoms with E-state index in [4.69, 9.17) is 4.74 Å². The first kappa shape index (κ1) is 19.8. The number of amides is 2. The predicted molar refractivity (Wildman–Crippen MR) is 91.3 cm³/mol. The van der Waals surface area contributed by atoms with Crippen LogP contribution in [0.1, 0.15) is 10.4 Å². The van der Waals surface area contributed by atoms with Crippen LogP contribution in [0.15, 0.2) is 42.5 Å². The number of esters is 1. The zero-order valence-corrected chi connectivity index (χ0v) is 14.3. The summed E-state index contributed by atoms with van der Waals surface area (Å²) in [5.74, 6) is -3.65. The maximum atomic E-state index is 13.4. The van der Waals surface area contributed by atoms with E-state index >= 15 is 0 Å². The third-order valence-electron chi connectivity index (χ3n) is 3.31. The summed E-state index contributed by atoms with van der Waals surface area (Å²) in [6.45, 7) is -1.17. The third-order valence-corrected chi connectivity index (χ3v) is 3.31. The number of ether oxygens (including phenoxy) is 2. The molecular weight excluding hydrogens is 362 g/mol. The molecule has 142 valence electrons. The molecule has 2 aromatic carbocycles. The van der Waals surface area contributed by atoms with Crippen molar-refractivity contribution in [3.05, 3.63) is 59.7 Å². The molecular formula is C18H16F2N2O5. The van der Waals surface area contributed by atoms with Crippen LogP contribution in [0, 0.1) is 11.6 Å². The van der Waals surface area contributed by atoms with Gasteiger partial charge in [-0.25, -0.2) is 8.78 Å². The fourth-order valence-electron chi connectivity index (χ4n) is 2.05. The molecule has 7 nitrogen and oxygen atoms in total. The van der Waals surface area contributed by atoms with Gasteiger partial charge in [-0.05, 0) is 24.3 Å². The van der Waals surface area contributed by atoms with Gasteiger partial charge in [0.05, 0.1) is 18.4 Å². The second kappa shape index (κ2) is 9.27. The van der Waals surface area contributed by atoms with Crippen LogP contribution in [0.3, 0.4) is 0 Å². The molecule has 0 spiro atoms. The van der Waals surface area contributed by atoms with Gasteiger partial charge in [0.2, 0.25) is 0 Å². The molecule has 0 saturated heterocycles. The van der Waals surface area contributed by atoms with E-state index in [0.29, 0.717) is 11.8 Å². The van der Waals surface area contributed by atoms with E-state index < -0.39 is 42.6 Å². The number of carbonyl (C=O) groups excluding carboxylic acids is 3. The van der Waals surface area contributed by atoms with Crippen molar-refractivity contribution in [2.24, 2.45) is 0 Å². The number of carbonyl (C=O) groups is 3. The Balaban J connectivity index is 1.78. The van der Waals surface area contributed by atoms with E-state index in [1.54, 1.807) is 18.2 Å². The van der Waals surface area contributed by atoms with E-state index in [1.165, 1.54) is 13.2 Å². The molecule has 0 bridgehead atoms. The molecule has 9 heteroatoms. The molecule has 0 saturated carbocycles. The van der Waals surface area contributed by atoms with Crippen LogP contribution in [0.5, 0.6) is 5.75 Å². The Morgan fingerprint density at radius 1 is 1.07 bits per heavy atom. The highest BCUT2D eigenvalue weighted by Crippen LogP contribution is 2.17. The average Bonchev–Trinajstić information content (AvgIpc) is 2.66. The Morgan fingerprint density at radius 2 is 1.81 bits per heavy atom. The number of rotatable bonds is 7. The average molecular weight is 378 g/mol. The molecule has 0 atom stereocenters. The fourth-order valence-corrected chi connectivity index (χ4v) is 2.05. The minimum atomic E-state index is -0.959. The summed E-state index contributed by atoms with van der Waals surface area (Å²) < 4.78 is 35.9. The first-order chi connectivity index (χ1) is 12.9. The summed E-state index contributed by atoms with van der Waals surface area (Å²) in [6, 6.07) is 9.04. The lowest BCUT2D eigenvalue weighted by Crippen LogP contribution is -2.32. The maximum absolute atomic E-state index is 13.4. The molecule has 27 heavy (non-hydrogen) atoms. The fraction of sp³-hybridized carbons (Fsp3) is 0.167. The first-order valence-corrected chi connectivity index (χ1v) is 7.72. The van der Waals surface area contributed by atoms with Crippen LogP contribution in [0.25, 0.3) is 0 Å². The largest absolute Gasteiger partial charge is 0.496 e. The number of nitrogens with one attached hydrogen (secondary N) is 2. The quantitative estimate of drug-likeness (QED) is 0.718. The van der Waals surface area contributed by atoms with Crippen LogP contribution < -0.4 is 15.4 Å². The minimum Gasteiger partial charge on any atom is -0.496 e. The van der Waals surface area contributed by atoms with Gasteiger partial charge in [0.15, 0.2) is 6.61 Å². The Morgan fingerprint density at radius 3 is 2.52 bits per heavy atom. The van der Waals surface area contributed by atoms with Crippen LogP contribution in [-0.4, -0.2) is 38.0 Å². The van der Waals surface area contributed by atoms with E-state index in [-0.39, 0.29) is 11.3 Å². The van der Waals surface area contributed by atoms with Gasteiger partial charge in [-0.1, -0.05) is 12.1 Å². The number of methoxy groups -OCH3 is 1. The first-order valence-electron chi connectivity index (χ1n) is 7.72. The Bertz CT molecular complexity index is 857. The number of hydrogen-bond donors (Lipinski definition) is 2. The normalized spacial score (nSPS) is 10.0. The zero-order valence-electron chi connectivity index (χ0n) is 14.3. The summed E-state index contributed by atoms with van der Waals surface area (Å²) in [7, 11) is 1.41. The van der Waals surface area contributed by atoms with Gasteiger partial charge in [-0.2, -0.15) is 0 Å². The van der Waals surface area contributed by atoms with Crippen LogP contribution >= 0.6 is 0 Å². The molecule has 0 fully saturated rings. The van der Waals surface area contributed by atoms with E-state index in [2.05, 4.69) is 15.4 Å². The molecule has 2 aromatic rings. The second-order valence-corrected chi connectivity index (χ2v) is 5.22. The summed E-state index contributed by atoms with van der Waals surface area (Å²) in [5.41, 5.74) is -0.0146. The van der Waals surface area contributed by atoms with Gasteiger partial charge in [-0.15, -0.1) is 0 Å². The molecule has 2 rings (SSSR count). The summed E-state index contributed by atoms with van der Waals surface area (Å²) >= 11 is 0. The predicted octanol–water partition coefficient (Wildman–Crippen LogP) is 1.89. The molecule has 0 unspecified atom stereocenters. The van der Waals surface area contributed by atoms with Crippen molar-refractivity contribution in [2.75, 3.05) is 25.6 Å². The van der Waals surface area contributed by atoms with Crippen molar-refractivity contribution >= 4 is 23.5 Å². The van der Waals surface area contributed by atoms with Gasteiger partial charge >= 0.3 is 5.97 Å². The number of halogens is 2. The Labute approximate surface area is 153 Å². The third kappa shape index (κ3) is 5.77. The van der Waals surface area contributed by atoms with Crippen LogP contribution in [-0.2, 0) is 14.3 Å². The zero-order chi connectivity index (χ0) is 19.8. The highest BCUT2D eigenvalue weighted by atomic mass is 19.1. The van der Waals surface area contributed by atoms with E-state index in [1.807, 2.05) is 0 Å². The standard InChI is InChI=1S/C18H16F2N2O5/c1-26-15-5-3-2-4-12(15)18(25)21-9-17(24)27-10-16(23)22-14-7-6-11(19)8-13(14)20/h2-8H,9-10H2,1H3,(H,21,25)(H,22,23). The highest BCUT2D eigenvalue weighted by molar-refractivity contribution is 5.98. The number of hydrogen-bond acceptors (Lipinski definition) is 5. The smallest absolute Gasteiger partial charge is 0.325 e. The Kier molecular flexibility index (Phi) is 6.81. The topological polar surface area (TPSA) is 93.7 Å². The molecule has 0 aliphatic heterocycles. The van der Waals surface area contributed by atoms with E-state index in [0.717, 1.165) is 12.1 Å². The SMILES string of the molecule is COc1ccccc1C(=O)NCC(=O)OCC(=O)Nc1ccc(F)cc1F. The number of benzene rings is 2. The molecule has 2 amide bonds. The molecule has 2 N–H and O–H groups in total. The lowest BCUT2D eigenvalue weighted by atomic mass is 10.2. The molecule has 0 aliphatic carbocycles. The monoisotopic (exact) mass is 378 g/mol. The number of anilines is 1. The Hall–Kier alpha value is -3.49. The van der Waals surface area contributed by atoms with Crippen molar-refractivity contribution in [3.63, 3.8) is 0 Å². The molecule has 0 heterocycles. The van der Waals surface area contributed by atoms with Crippen LogP contribution in [0.2, 0.25) is 0 Å². The minimum absolute atomic E-state index is 0.234. The van der Waals surface area contributed by atoms with Gasteiger partial charge < -0.3 is 20.1 Å². The van der Waals surface area contributed by atoms with Crippen molar-refractivity contribution in [3.8, 4) is 5.75 Å². The lowest BCUT2D eigenvalue weighted by Gasteiger charge is -2.09. The van der Waals surface area contributed by atoms with Crippen LogP contribution in [0.4, 0.5) is 14.5 Å². The van der Waals surface area contributed by atoms with Crippen molar-refractivity contribution < 1.29 is 32.6 Å². The van der Waals surface area contributed by atoms with Crippen molar-refractivity contribution in [1.29, 1.82) is 0 Å². The highest BCUT2D eigenvalue weighted by Gasteiger charge is 2.14.